The maximum atomic E-state index is 11.8. The van der Waals surface area contributed by atoms with Crippen LogP contribution in [0, 0.1) is 0 Å². The van der Waals surface area contributed by atoms with Crippen LogP contribution in [0.3, 0.4) is 0 Å². The van der Waals surface area contributed by atoms with Gasteiger partial charge in [0.1, 0.15) is 19.1 Å². The van der Waals surface area contributed by atoms with E-state index in [2.05, 4.69) is 0 Å². The van der Waals surface area contributed by atoms with Crippen LogP contribution in [-0.2, 0) is 16.1 Å². The van der Waals surface area contributed by atoms with Gasteiger partial charge in [0.15, 0.2) is 11.5 Å². The highest BCUT2D eigenvalue weighted by Gasteiger charge is 2.16. The smallest absolute Gasteiger partial charge is 0.237 e. The Morgan fingerprint density at radius 2 is 2.10 bits per heavy atom. The molecule has 0 N–H and O–H groups in total. The third kappa shape index (κ3) is 3.77. The predicted octanol–water partition coefficient (Wildman–Crippen LogP) is 1.67. The summed E-state index contributed by atoms with van der Waals surface area (Å²) in [5, 5.41) is 0. The Balaban J connectivity index is 2.07. The summed E-state index contributed by atoms with van der Waals surface area (Å²) in [5.74, 6) is 1.32. The first-order chi connectivity index (χ1) is 9.74. The van der Waals surface area contributed by atoms with Crippen molar-refractivity contribution in [1.29, 1.82) is 0 Å². The highest BCUT2D eigenvalue weighted by atomic mass is 35.5. The lowest BCUT2D eigenvalue weighted by molar-refractivity contribution is -0.129. The van der Waals surface area contributed by atoms with E-state index in [9.17, 15) is 4.79 Å². The molecule has 1 aliphatic heterocycles. The summed E-state index contributed by atoms with van der Waals surface area (Å²) in [6.45, 7) is 2.58. The molecule has 0 unspecified atom stereocenters. The van der Waals surface area contributed by atoms with E-state index in [1.807, 2.05) is 18.2 Å². The van der Waals surface area contributed by atoms with Crippen molar-refractivity contribution in [2.45, 2.75) is 6.54 Å². The molecular weight excluding hydrogens is 282 g/mol. The Morgan fingerprint density at radius 3 is 2.80 bits per heavy atom. The molecule has 0 aromatic heterocycles. The van der Waals surface area contributed by atoms with Gasteiger partial charge in [0.05, 0.1) is 6.61 Å². The van der Waals surface area contributed by atoms with Gasteiger partial charge in [-0.15, -0.1) is 11.6 Å². The number of hydrogen-bond donors (Lipinski definition) is 0. The standard InChI is InChI=1S/C14H18ClNO4/c1-18-5-4-16(14(17)9-15)10-11-2-3-12-13(8-11)20-7-6-19-12/h2-3,8H,4-7,9-10H2,1H3. The van der Waals surface area contributed by atoms with Gasteiger partial charge in [-0.1, -0.05) is 6.07 Å². The molecule has 1 aromatic rings. The Bertz CT molecular complexity index is 466. The van der Waals surface area contributed by atoms with Gasteiger partial charge >= 0.3 is 0 Å². The Morgan fingerprint density at radius 1 is 1.35 bits per heavy atom. The second kappa shape index (κ2) is 7.36. The number of ether oxygens (including phenoxy) is 3. The summed E-state index contributed by atoms with van der Waals surface area (Å²) in [7, 11) is 1.60. The number of carbonyl (C=O) groups is 1. The summed E-state index contributed by atoms with van der Waals surface area (Å²) in [5.41, 5.74) is 0.976. The molecule has 0 spiro atoms. The molecule has 0 radical (unpaired) electrons. The van der Waals surface area contributed by atoms with Crippen LogP contribution >= 0.6 is 11.6 Å². The van der Waals surface area contributed by atoms with E-state index >= 15 is 0 Å². The number of nitrogens with zero attached hydrogens (tertiary/aromatic N) is 1. The van der Waals surface area contributed by atoms with Crippen molar-refractivity contribution in [3.8, 4) is 11.5 Å². The molecule has 5 nitrogen and oxygen atoms in total. The van der Waals surface area contributed by atoms with Crippen molar-refractivity contribution in [2.24, 2.45) is 0 Å². The Kier molecular flexibility index (Phi) is 5.49. The lowest BCUT2D eigenvalue weighted by Gasteiger charge is -2.23. The van der Waals surface area contributed by atoms with E-state index in [1.54, 1.807) is 12.0 Å². The summed E-state index contributed by atoms with van der Waals surface area (Å²) in [4.78, 5) is 13.5. The van der Waals surface area contributed by atoms with E-state index in [0.717, 1.165) is 17.1 Å². The van der Waals surface area contributed by atoms with Crippen molar-refractivity contribution >= 4 is 17.5 Å². The van der Waals surface area contributed by atoms with Crippen LogP contribution in [0.1, 0.15) is 5.56 Å². The topological polar surface area (TPSA) is 48.0 Å². The highest BCUT2D eigenvalue weighted by Crippen LogP contribution is 2.31. The van der Waals surface area contributed by atoms with E-state index in [1.165, 1.54) is 0 Å². The fourth-order valence-corrected chi connectivity index (χ4v) is 2.15. The highest BCUT2D eigenvalue weighted by molar-refractivity contribution is 6.27. The molecule has 6 heteroatoms. The maximum Gasteiger partial charge on any atom is 0.237 e. The Labute approximate surface area is 123 Å². The zero-order valence-corrected chi connectivity index (χ0v) is 12.2. The summed E-state index contributed by atoms with van der Waals surface area (Å²) in [6, 6.07) is 5.69. The van der Waals surface area contributed by atoms with E-state index in [4.69, 9.17) is 25.8 Å². The minimum atomic E-state index is -0.112. The number of hydrogen-bond acceptors (Lipinski definition) is 4. The van der Waals surface area contributed by atoms with Crippen molar-refractivity contribution in [1.82, 2.24) is 4.90 Å². The normalized spacial score (nSPS) is 13.1. The third-order valence-electron chi connectivity index (χ3n) is 3.01. The fraction of sp³-hybridized carbons (Fsp3) is 0.500. The molecule has 0 saturated heterocycles. The van der Waals surface area contributed by atoms with Gasteiger partial charge in [-0.25, -0.2) is 0 Å². The van der Waals surface area contributed by atoms with Crippen molar-refractivity contribution in [3.05, 3.63) is 23.8 Å². The average molecular weight is 300 g/mol. The molecule has 0 bridgehead atoms. The summed E-state index contributed by atoms with van der Waals surface area (Å²) >= 11 is 5.63. The van der Waals surface area contributed by atoms with Crippen LogP contribution in [0.15, 0.2) is 18.2 Å². The number of methoxy groups -OCH3 is 1. The zero-order valence-electron chi connectivity index (χ0n) is 11.4. The lowest BCUT2D eigenvalue weighted by atomic mass is 10.2. The zero-order chi connectivity index (χ0) is 14.4. The summed E-state index contributed by atoms with van der Waals surface area (Å²) in [6.07, 6.45) is 0. The Hall–Kier alpha value is -1.46. The molecule has 2 rings (SSSR count). The number of amides is 1. The monoisotopic (exact) mass is 299 g/mol. The van der Waals surface area contributed by atoms with Crippen LogP contribution in [0.2, 0.25) is 0 Å². The first-order valence-electron chi connectivity index (χ1n) is 6.46. The van der Waals surface area contributed by atoms with Gasteiger partial charge in [-0.2, -0.15) is 0 Å². The van der Waals surface area contributed by atoms with Crippen LogP contribution in [-0.4, -0.2) is 50.2 Å². The molecular formula is C14H18ClNO4. The minimum absolute atomic E-state index is 0.0335. The van der Waals surface area contributed by atoms with Gasteiger partial charge in [0.2, 0.25) is 5.91 Å². The van der Waals surface area contributed by atoms with Crippen LogP contribution < -0.4 is 9.47 Å². The average Bonchev–Trinajstić information content (AvgIpc) is 2.50. The molecule has 1 amide bonds. The molecule has 0 atom stereocenters. The lowest BCUT2D eigenvalue weighted by Crippen LogP contribution is -2.34. The molecule has 0 saturated carbocycles. The number of carbonyl (C=O) groups excluding carboxylic acids is 1. The van der Waals surface area contributed by atoms with Gasteiger partial charge < -0.3 is 19.1 Å². The quantitative estimate of drug-likeness (QED) is 0.750. The molecule has 20 heavy (non-hydrogen) atoms. The van der Waals surface area contributed by atoms with Gasteiger partial charge in [-0.05, 0) is 17.7 Å². The molecule has 1 aromatic carbocycles. The fourth-order valence-electron chi connectivity index (χ4n) is 1.98. The molecule has 110 valence electrons. The van der Waals surface area contributed by atoms with Crippen molar-refractivity contribution < 1.29 is 19.0 Å². The first kappa shape index (κ1) is 14.9. The first-order valence-corrected chi connectivity index (χ1v) is 6.99. The van der Waals surface area contributed by atoms with Gasteiger partial charge in [0.25, 0.3) is 0 Å². The largest absolute Gasteiger partial charge is 0.486 e. The summed E-state index contributed by atoms with van der Waals surface area (Å²) < 4.78 is 16.0. The maximum absolute atomic E-state index is 11.8. The van der Waals surface area contributed by atoms with Crippen LogP contribution in [0.5, 0.6) is 11.5 Å². The van der Waals surface area contributed by atoms with Crippen molar-refractivity contribution in [3.63, 3.8) is 0 Å². The van der Waals surface area contributed by atoms with Gasteiger partial charge in [0, 0.05) is 20.2 Å². The molecule has 0 fully saturated rings. The molecule has 0 aliphatic carbocycles. The number of rotatable bonds is 6. The second-order valence-electron chi connectivity index (χ2n) is 4.42. The second-order valence-corrected chi connectivity index (χ2v) is 4.69. The number of alkyl halides is 1. The SMILES string of the molecule is COCCN(Cc1ccc2c(c1)OCCO2)C(=O)CCl. The predicted molar refractivity (Wildman–Crippen MR) is 75.4 cm³/mol. The number of halogens is 1. The van der Waals surface area contributed by atoms with Crippen molar-refractivity contribution in [2.75, 3.05) is 39.4 Å². The number of fused-ring (bicyclic) bond motifs is 1. The molecule has 1 heterocycles. The van der Waals surface area contributed by atoms with E-state index < -0.39 is 0 Å². The third-order valence-corrected chi connectivity index (χ3v) is 3.24. The van der Waals surface area contributed by atoms with E-state index in [-0.39, 0.29) is 11.8 Å². The van der Waals surface area contributed by atoms with Crippen LogP contribution in [0.25, 0.3) is 0 Å². The van der Waals surface area contributed by atoms with Gasteiger partial charge in [-0.3, -0.25) is 4.79 Å². The molecule has 1 aliphatic rings. The van der Waals surface area contributed by atoms with Crippen LogP contribution in [0.4, 0.5) is 0 Å². The minimum Gasteiger partial charge on any atom is -0.486 e. The number of benzene rings is 1. The van der Waals surface area contributed by atoms with E-state index in [0.29, 0.717) is 32.9 Å².